The lowest BCUT2D eigenvalue weighted by Crippen LogP contribution is -2.48. The van der Waals surface area contributed by atoms with E-state index < -0.39 is 23.8 Å². The molecule has 1 aliphatic rings. The summed E-state index contributed by atoms with van der Waals surface area (Å²) >= 11 is 1.40. The molecule has 0 aliphatic carbocycles. The number of rotatable bonds is 6. The van der Waals surface area contributed by atoms with E-state index in [-0.39, 0.29) is 12.4 Å². The van der Waals surface area contributed by atoms with Gasteiger partial charge >= 0.3 is 0 Å². The molecule has 0 saturated heterocycles. The average molecular weight is 494 g/mol. The summed E-state index contributed by atoms with van der Waals surface area (Å²) in [5.41, 5.74) is 3.23. The molecule has 6 rings (SSSR count). The molecule has 0 fully saturated rings. The van der Waals surface area contributed by atoms with Crippen molar-refractivity contribution in [1.29, 1.82) is 0 Å². The van der Waals surface area contributed by atoms with Crippen molar-refractivity contribution in [3.05, 3.63) is 107 Å². The van der Waals surface area contributed by atoms with Gasteiger partial charge in [0, 0.05) is 17.4 Å². The molecule has 0 saturated carbocycles. The molecule has 1 unspecified atom stereocenters. The lowest BCUT2D eigenvalue weighted by Gasteiger charge is -2.25. The zero-order chi connectivity index (χ0) is 24.6. The number of imide groups is 1. The van der Waals surface area contributed by atoms with Crippen LogP contribution in [0.15, 0.2) is 90.3 Å². The Hall–Kier alpha value is -4.63. The molecule has 8 nitrogen and oxygen atoms in total. The molecule has 3 amide bonds. The molecule has 3 aromatic carbocycles. The minimum Gasteiger partial charge on any atom is -0.291 e. The highest BCUT2D eigenvalue weighted by Gasteiger charge is 2.42. The molecular weight excluding hydrogens is 474 g/mol. The third kappa shape index (κ3) is 3.75. The molecule has 3 heterocycles. The van der Waals surface area contributed by atoms with Crippen molar-refractivity contribution in [3.8, 4) is 11.3 Å². The first-order valence-electron chi connectivity index (χ1n) is 11.3. The lowest BCUT2D eigenvalue weighted by atomic mass is 10.0. The van der Waals surface area contributed by atoms with Crippen LogP contribution in [-0.2, 0) is 11.2 Å². The number of anilines is 1. The average Bonchev–Trinajstić information content (AvgIpc) is 3.56. The van der Waals surface area contributed by atoms with Crippen LogP contribution in [0.1, 0.15) is 26.3 Å². The molecule has 1 atom stereocenters. The summed E-state index contributed by atoms with van der Waals surface area (Å²) in [7, 11) is 0. The molecule has 36 heavy (non-hydrogen) atoms. The summed E-state index contributed by atoms with van der Waals surface area (Å²) in [5.74, 6) is -1.40. The number of amides is 3. The highest BCUT2D eigenvalue weighted by molar-refractivity contribution is 7.15. The van der Waals surface area contributed by atoms with Crippen LogP contribution in [0.25, 0.3) is 16.2 Å². The SMILES string of the molecule is O=C(Nc1nc2scc(-c3ccccc3)n2n1)C(Cc1ccccc1)N1C(=O)c2ccccc2C1=O. The molecule has 1 N–H and O–H groups in total. The van der Waals surface area contributed by atoms with E-state index in [1.54, 1.807) is 28.8 Å². The fraction of sp³-hybridized carbons (Fsp3) is 0.0741. The van der Waals surface area contributed by atoms with Crippen LogP contribution in [0.2, 0.25) is 0 Å². The Morgan fingerprint density at radius 3 is 2.14 bits per heavy atom. The smallest absolute Gasteiger partial charge is 0.262 e. The Morgan fingerprint density at radius 1 is 0.861 bits per heavy atom. The van der Waals surface area contributed by atoms with Crippen molar-refractivity contribution in [3.63, 3.8) is 0 Å². The Kier molecular flexibility index (Phi) is 5.38. The Bertz CT molecular complexity index is 1580. The predicted molar refractivity (Wildman–Crippen MR) is 136 cm³/mol. The Balaban J connectivity index is 1.33. The summed E-state index contributed by atoms with van der Waals surface area (Å²) in [6.45, 7) is 0. The minimum atomic E-state index is -1.07. The van der Waals surface area contributed by atoms with E-state index in [0.717, 1.165) is 21.7 Å². The van der Waals surface area contributed by atoms with E-state index in [1.165, 1.54) is 11.3 Å². The number of carbonyl (C=O) groups is 3. The van der Waals surface area contributed by atoms with Crippen LogP contribution in [0.5, 0.6) is 0 Å². The van der Waals surface area contributed by atoms with Gasteiger partial charge in [0.25, 0.3) is 17.8 Å². The van der Waals surface area contributed by atoms with Gasteiger partial charge in [0.1, 0.15) is 6.04 Å². The number of nitrogens with zero attached hydrogens (tertiary/aromatic N) is 4. The number of benzene rings is 3. The van der Waals surface area contributed by atoms with Crippen molar-refractivity contribution in [2.45, 2.75) is 12.5 Å². The summed E-state index contributed by atoms with van der Waals surface area (Å²) in [4.78, 5) is 46.0. The number of nitrogens with one attached hydrogen (secondary N) is 1. The summed E-state index contributed by atoms with van der Waals surface area (Å²) in [6, 6.07) is 24.6. The maximum atomic E-state index is 13.6. The zero-order valence-electron chi connectivity index (χ0n) is 18.9. The normalized spacial score (nSPS) is 13.7. The molecule has 176 valence electrons. The van der Waals surface area contributed by atoms with E-state index >= 15 is 0 Å². The van der Waals surface area contributed by atoms with Crippen molar-refractivity contribution in [2.24, 2.45) is 0 Å². The Morgan fingerprint density at radius 2 is 1.47 bits per heavy atom. The van der Waals surface area contributed by atoms with Crippen molar-refractivity contribution in [2.75, 3.05) is 5.32 Å². The summed E-state index contributed by atoms with van der Waals surface area (Å²) in [6.07, 6.45) is 0.162. The standard InChI is InChI=1S/C27H19N5O3S/c33-23(28-26-29-27-32(30-26)22(16-36-27)18-11-5-2-6-12-18)21(15-17-9-3-1-4-10-17)31-24(34)19-13-7-8-14-20(19)25(31)35/h1-14,16,21H,15H2,(H,28,30,33). The van der Waals surface area contributed by atoms with Gasteiger partial charge in [-0.2, -0.15) is 4.98 Å². The maximum absolute atomic E-state index is 13.6. The van der Waals surface area contributed by atoms with Gasteiger partial charge in [-0.1, -0.05) is 72.8 Å². The van der Waals surface area contributed by atoms with Gasteiger partial charge in [0.15, 0.2) is 0 Å². The number of fused-ring (bicyclic) bond motifs is 2. The number of thiazole rings is 1. The monoisotopic (exact) mass is 493 g/mol. The van der Waals surface area contributed by atoms with Gasteiger partial charge in [-0.3, -0.25) is 24.6 Å². The number of hydrogen-bond donors (Lipinski definition) is 1. The number of hydrogen-bond acceptors (Lipinski definition) is 6. The predicted octanol–water partition coefficient (Wildman–Crippen LogP) is 4.30. The van der Waals surface area contributed by atoms with Crippen molar-refractivity contribution in [1.82, 2.24) is 19.5 Å². The first-order chi connectivity index (χ1) is 17.6. The topological polar surface area (TPSA) is 96.7 Å². The van der Waals surface area contributed by atoms with Crippen LogP contribution in [0.4, 0.5) is 5.95 Å². The number of carbonyl (C=O) groups excluding carboxylic acids is 3. The van der Waals surface area contributed by atoms with Gasteiger partial charge in [0.2, 0.25) is 10.9 Å². The van der Waals surface area contributed by atoms with Crippen LogP contribution < -0.4 is 5.32 Å². The molecule has 9 heteroatoms. The van der Waals surface area contributed by atoms with Crippen molar-refractivity contribution >= 4 is 40.0 Å². The molecular formula is C27H19N5O3S. The van der Waals surface area contributed by atoms with E-state index in [2.05, 4.69) is 15.4 Å². The van der Waals surface area contributed by atoms with Gasteiger partial charge in [-0.15, -0.1) is 16.4 Å². The first kappa shape index (κ1) is 21.9. The second-order valence-corrected chi connectivity index (χ2v) is 9.17. The zero-order valence-corrected chi connectivity index (χ0v) is 19.7. The van der Waals surface area contributed by atoms with Crippen LogP contribution in [0, 0.1) is 0 Å². The van der Waals surface area contributed by atoms with Gasteiger partial charge in [-0.25, -0.2) is 4.52 Å². The number of aromatic nitrogens is 3. The van der Waals surface area contributed by atoms with Gasteiger partial charge < -0.3 is 0 Å². The van der Waals surface area contributed by atoms with E-state index in [4.69, 9.17) is 0 Å². The van der Waals surface area contributed by atoms with Gasteiger partial charge in [0.05, 0.1) is 16.8 Å². The first-order valence-corrected chi connectivity index (χ1v) is 12.2. The van der Waals surface area contributed by atoms with E-state index in [9.17, 15) is 14.4 Å². The fourth-order valence-corrected chi connectivity index (χ4v) is 5.20. The summed E-state index contributed by atoms with van der Waals surface area (Å²) < 4.78 is 1.67. The van der Waals surface area contributed by atoms with Crippen LogP contribution in [-0.4, -0.2) is 43.3 Å². The highest BCUT2D eigenvalue weighted by atomic mass is 32.1. The second kappa shape index (κ2) is 8.86. The van der Waals surface area contributed by atoms with Crippen LogP contribution in [0.3, 0.4) is 0 Å². The molecule has 2 aromatic heterocycles. The van der Waals surface area contributed by atoms with Gasteiger partial charge in [-0.05, 0) is 17.7 Å². The lowest BCUT2D eigenvalue weighted by molar-refractivity contribution is -0.120. The largest absolute Gasteiger partial charge is 0.291 e. The third-order valence-corrected chi connectivity index (χ3v) is 6.91. The molecule has 0 radical (unpaired) electrons. The second-order valence-electron chi connectivity index (χ2n) is 8.34. The van der Waals surface area contributed by atoms with E-state index in [0.29, 0.717) is 16.1 Å². The van der Waals surface area contributed by atoms with Crippen molar-refractivity contribution < 1.29 is 14.4 Å². The van der Waals surface area contributed by atoms with E-state index in [1.807, 2.05) is 66.0 Å². The maximum Gasteiger partial charge on any atom is 0.262 e. The molecule has 1 aliphatic heterocycles. The fourth-order valence-electron chi connectivity index (χ4n) is 4.36. The Labute approximate surface area is 209 Å². The summed E-state index contributed by atoms with van der Waals surface area (Å²) in [5, 5.41) is 9.17. The molecule has 0 bridgehead atoms. The molecule has 5 aromatic rings. The minimum absolute atomic E-state index is 0.110. The quantitative estimate of drug-likeness (QED) is 0.356. The highest BCUT2D eigenvalue weighted by Crippen LogP contribution is 2.28. The van der Waals surface area contributed by atoms with Crippen LogP contribution >= 0.6 is 11.3 Å². The third-order valence-electron chi connectivity index (χ3n) is 6.10. The molecule has 0 spiro atoms.